The number of carbonyl (C=O) groups is 2. The molecular formula is C14H8ClNO5. The number of nitrogens with zero attached hydrogens (tertiary/aromatic N) is 1. The molecule has 0 unspecified atom stereocenters. The minimum atomic E-state index is -0.888. The van der Waals surface area contributed by atoms with E-state index in [9.17, 15) is 19.7 Å². The second-order valence-corrected chi connectivity index (χ2v) is 4.31. The van der Waals surface area contributed by atoms with Crippen LogP contribution in [-0.4, -0.2) is 16.1 Å². The van der Waals surface area contributed by atoms with E-state index in [4.69, 9.17) is 16.3 Å². The molecular weight excluding hydrogens is 298 g/mol. The van der Waals surface area contributed by atoms with Crippen molar-refractivity contribution >= 4 is 28.5 Å². The monoisotopic (exact) mass is 305 g/mol. The Morgan fingerprint density at radius 1 is 1.10 bits per heavy atom. The van der Waals surface area contributed by atoms with Gasteiger partial charge in [-0.2, -0.15) is 0 Å². The first-order valence-corrected chi connectivity index (χ1v) is 6.12. The summed E-state index contributed by atoms with van der Waals surface area (Å²) < 4.78 is 5.03. The number of hydrogen-bond acceptors (Lipinski definition) is 5. The summed E-state index contributed by atoms with van der Waals surface area (Å²) in [7, 11) is 0. The molecule has 0 atom stereocenters. The van der Waals surface area contributed by atoms with Crippen molar-refractivity contribution in [3.8, 4) is 5.75 Å². The highest BCUT2D eigenvalue weighted by atomic mass is 35.5. The maximum Gasteiger partial charge on any atom is 0.350 e. The molecule has 0 radical (unpaired) electrons. The molecule has 0 heterocycles. The molecule has 0 aliphatic carbocycles. The molecule has 0 saturated carbocycles. The lowest BCUT2D eigenvalue weighted by Gasteiger charge is -2.05. The number of hydrogen-bond donors (Lipinski definition) is 0. The van der Waals surface area contributed by atoms with Gasteiger partial charge in [-0.15, -0.1) is 0 Å². The van der Waals surface area contributed by atoms with Crippen LogP contribution in [0.3, 0.4) is 0 Å². The molecule has 6 nitrogen and oxygen atoms in total. The van der Waals surface area contributed by atoms with Gasteiger partial charge in [0.1, 0.15) is 11.3 Å². The molecule has 0 saturated heterocycles. The van der Waals surface area contributed by atoms with Gasteiger partial charge < -0.3 is 4.74 Å². The molecule has 0 aliphatic heterocycles. The Balaban J connectivity index is 2.28. The fourth-order valence-corrected chi connectivity index (χ4v) is 1.77. The molecule has 0 aliphatic rings. The number of esters is 1. The summed E-state index contributed by atoms with van der Waals surface area (Å²) >= 11 is 5.33. The first kappa shape index (κ1) is 14.7. The van der Waals surface area contributed by atoms with Crippen molar-refractivity contribution < 1.29 is 19.2 Å². The van der Waals surface area contributed by atoms with E-state index in [2.05, 4.69) is 0 Å². The van der Waals surface area contributed by atoms with Gasteiger partial charge in [0.15, 0.2) is 0 Å². The topological polar surface area (TPSA) is 86.5 Å². The number of nitro benzene ring substituents is 1. The molecule has 0 N–H and O–H groups in total. The average Bonchev–Trinajstić information content (AvgIpc) is 2.47. The number of carbonyl (C=O) groups excluding carboxylic acids is 2. The van der Waals surface area contributed by atoms with Crippen molar-refractivity contribution in [3.63, 3.8) is 0 Å². The van der Waals surface area contributed by atoms with Crippen LogP contribution in [0, 0.1) is 10.1 Å². The molecule has 7 heteroatoms. The quantitative estimate of drug-likeness (QED) is 0.285. The normalized spacial score (nSPS) is 9.95. The molecule has 21 heavy (non-hydrogen) atoms. The zero-order valence-corrected chi connectivity index (χ0v) is 11.2. The predicted octanol–water partition coefficient (Wildman–Crippen LogP) is 3.19. The standard InChI is InChI=1S/C14H8ClNO5/c15-13(17)9-4-3-5-10(8-9)21-14(18)11-6-1-2-7-12(11)16(19)20/h1-8H. The van der Waals surface area contributed by atoms with Crippen molar-refractivity contribution in [3.05, 3.63) is 69.8 Å². The van der Waals surface area contributed by atoms with Crippen LogP contribution in [0.1, 0.15) is 20.7 Å². The Morgan fingerprint density at radius 2 is 1.81 bits per heavy atom. The lowest BCUT2D eigenvalue weighted by molar-refractivity contribution is -0.385. The van der Waals surface area contributed by atoms with Gasteiger partial charge in [0, 0.05) is 11.6 Å². The van der Waals surface area contributed by atoms with E-state index in [0.29, 0.717) is 0 Å². The first-order chi connectivity index (χ1) is 9.99. The largest absolute Gasteiger partial charge is 0.423 e. The highest BCUT2D eigenvalue weighted by molar-refractivity contribution is 6.67. The third-order valence-electron chi connectivity index (χ3n) is 2.59. The molecule has 0 aromatic heterocycles. The zero-order valence-electron chi connectivity index (χ0n) is 10.5. The first-order valence-electron chi connectivity index (χ1n) is 5.74. The van der Waals surface area contributed by atoms with Crippen LogP contribution in [-0.2, 0) is 0 Å². The van der Waals surface area contributed by atoms with E-state index in [1.54, 1.807) is 0 Å². The highest BCUT2D eigenvalue weighted by Crippen LogP contribution is 2.21. The van der Waals surface area contributed by atoms with Gasteiger partial charge in [-0.1, -0.05) is 18.2 Å². The van der Waals surface area contributed by atoms with Gasteiger partial charge in [0.25, 0.3) is 10.9 Å². The number of halogens is 1. The van der Waals surface area contributed by atoms with Crippen LogP contribution >= 0.6 is 11.6 Å². The molecule has 2 aromatic carbocycles. The van der Waals surface area contributed by atoms with Crippen LogP contribution in [0.25, 0.3) is 0 Å². The van der Waals surface area contributed by atoms with Crippen LogP contribution in [0.15, 0.2) is 48.5 Å². The van der Waals surface area contributed by atoms with Gasteiger partial charge in [-0.25, -0.2) is 4.79 Å². The van der Waals surface area contributed by atoms with Gasteiger partial charge in [-0.05, 0) is 35.9 Å². The molecule has 2 aromatic rings. The van der Waals surface area contributed by atoms with E-state index < -0.39 is 16.1 Å². The van der Waals surface area contributed by atoms with Crippen molar-refractivity contribution in [2.45, 2.75) is 0 Å². The summed E-state index contributed by atoms with van der Waals surface area (Å²) in [5.41, 5.74) is -0.373. The average molecular weight is 306 g/mol. The van der Waals surface area contributed by atoms with Crippen molar-refractivity contribution in [1.29, 1.82) is 0 Å². The third-order valence-corrected chi connectivity index (χ3v) is 2.81. The molecule has 2 rings (SSSR count). The summed E-state index contributed by atoms with van der Waals surface area (Å²) in [6, 6.07) is 11.1. The van der Waals surface area contributed by atoms with E-state index in [1.807, 2.05) is 0 Å². The van der Waals surface area contributed by atoms with Crippen molar-refractivity contribution in [1.82, 2.24) is 0 Å². The summed E-state index contributed by atoms with van der Waals surface area (Å²) in [5, 5.41) is 10.2. The second kappa shape index (κ2) is 6.15. The van der Waals surface area contributed by atoms with Crippen LogP contribution in [0.5, 0.6) is 5.75 Å². The molecule has 0 amide bonds. The predicted molar refractivity (Wildman–Crippen MR) is 74.7 cm³/mol. The SMILES string of the molecule is O=C(Cl)c1cccc(OC(=O)c2ccccc2[N+](=O)[O-])c1. The lowest BCUT2D eigenvalue weighted by atomic mass is 10.2. The van der Waals surface area contributed by atoms with Gasteiger partial charge in [0.05, 0.1) is 4.92 Å². The van der Waals surface area contributed by atoms with E-state index in [-0.39, 0.29) is 22.6 Å². The Hall–Kier alpha value is -2.73. The smallest absolute Gasteiger partial charge is 0.350 e. The molecule has 0 bridgehead atoms. The maximum absolute atomic E-state index is 12.0. The summed E-state index contributed by atoms with van der Waals surface area (Å²) in [4.78, 5) is 33.2. The number of para-hydroxylation sites is 1. The third kappa shape index (κ3) is 3.43. The molecule has 106 valence electrons. The summed E-state index contributed by atoms with van der Waals surface area (Å²) in [6.45, 7) is 0. The number of rotatable bonds is 4. The second-order valence-electron chi connectivity index (χ2n) is 3.97. The fraction of sp³-hybridized carbons (Fsp3) is 0. The highest BCUT2D eigenvalue weighted by Gasteiger charge is 2.21. The lowest BCUT2D eigenvalue weighted by Crippen LogP contribution is -2.11. The Morgan fingerprint density at radius 3 is 2.48 bits per heavy atom. The van der Waals surface area contributed by atoms with Crippen molar-refractivity contribution in [2.75, 3.05) is 0 Å². The van der Waals surface area contributed by atoms with Crippen LogP contribution in [0.4, 0.5) is 5.69 Å². The van der Waals surface area contributed by atoms with Crippen molar-refractivity contribution in [2.24, 2.45) is 0 Å². The fourth-order valence-electron chi connectivity index (χ4n) is 1.65. The van der Waals surface area contributed by atoms with Gasteiger partial charge in [-0.3, -0.25) is 14.9 Å². The Labute approximate surface area is 124 Å². The number of ether oxygens (including phenoxy) is 1. The summed E-state index contributed by atoms with van der Waals surface area (Å²) in [5.74, 6) is -0.814. The minimum Gasteiger partial charge on any atom is -0.423 e. The van der Waals surface area contributed by atoms with Gasteiger partial charge in [0.2, 0.25) is 0 Å². The Bertz CT molecular complexity index is 729. The number of nitro groups is 1. The van der Waals surface area contributed by atoms with Gasteiger partial charge >= 0.3 is 5.97 Å². The van der Waals surface area contributed by atoms with E-state index in [0.717, 1.165) is 0 Å². The van der Waals surface area contributed by atoms with Crippen LogP contribution < -0.4 is 4.74 Å². The molecule has 0 spiro atoms. The summed E-state index contributed by atoms with van der Waals surface area (Å²) in [6.07, 6.45) is 0. The maximum atomic E-state index is 12.0. The van der Waals surface area contributed by atoms with E-state index in [1.165, 1.54) is 48.5 Å². The minimum absolute atomic E-state index is 0.0738. The van der Waals surface area contributed by atoms with E-state index >= 15 is 0 Å². The number of benzene rings is 2. The molecule has 0 fully saturated rings. The zero-order chi connectivity index (χ0) is 15.4. The Kier molecular flexibility index (Phi) is 4.30. The van der Waals surface area contributed by atoms with Crippen LogP contribution in [0.2, 0.25) is 0 Å².